The van der Waals surface area contributed by atoms with Crippen molar-refractivity contribution in [1.29, 1.82) is 0 Å². The van der Waals surface area contributed by atoms with Crippen LogP contribution in [0.1, 0.15) is 0 Å². The van der Waals surface area contributed by atoms with Crippen LogP contribution in [0.25, 0.3) is 0 Å². The first-order chi connectivity index (χ1) is 8.71. The summed E-state index contributed by atoms with van der Waals surface area (Å²) in [5.74, 6) is 0. The molecule has 0 heterocycles. The van der Waals surface area contributed by atoms with Crippen LogP contribution in [0.15, 0.2) is 0 Å². The van der Waals surface area contributed by atoms with E-state index < -0.39 is 51.0 Å². The van der Waals surface area contributed by atoms with Gasteiger partial charge in [-0.05, 0) is 0 Å². The van der Waals surface area contributed by atoms with E-state index in [1.807, 2.05) is 0 Å². The number of aliphatic hydroxyl groups is 5. The zero-order valence-corrected chi connectivity index (χ0v) is 11.4. The molecule has 20 heavy (non-hydrogen) atoms. The molecule has 0 aliphatic carbocycles. The van der Waals surface area contributed by atoms with Gasteiger partial charge in [-0.3, -0.25) is 13.9 Å². The van der Waals surface area contributed by atoms with Gasteiger partial charge in [-0.15, -0.1) is 0 Å². The van der Waals surface area contributed by atoms with Gasteiger partial charge >= 0.3 is 15.2 Å². The lowest BCUT2D eigenvalue weighted by Crippen LogP contribution is -2.57. The largest absolute Gasteiger partial charge is 0.395 e. The molecule has 0 bridgehead atoms. The highest BCUT2D eigenvalue weighted by Crippen LogP contribution is 2.58. The molecule has 0 aromatic heterocycles. The van der Waals surface area contributed by atoms with Crippen molar-refractivity contribution < 1.29 is 59.0 Å². The maximum atomic E-state index is 11.3. The van der Waals surface area contributed by atoms with Gasteiger partial charge in [-0.2, -0.15) is 0 Å². The molecule has 0 aromatic carbocycles. The van der Waals surface area contributed by atoms with Gasteiger partial charge in [-0.25, -0.2) is 0 Å². The van der Waals surface area contributed by atoms with Crippen molar-refractivity contribution in [2.24, 2.45) is 0 Å². The van der Waals surface area contributed by atoms with Crippen LogP contribution in [-0.2, 0) is 13.9 Å². The Morgan fingerprint density at radius 3 is 1.70 bits per heavy atom. The van der Waals surface area contributed by atoms with Crippen LogP contribution >= 0.6 is 15.2 Å². The van der Waals surface area contributed by atoms with Crippen LogP contribution in [0, 0.1) is 0 Å². The third-order valence-corrected chi connectivity index (χ3v) is 4.74. The molecule has 0 radical (unpaired) electrons. The number of aliphatic hydroxyl groups excluding tert-OH is 4. The minimum Gasteiger partial charge on any atom is -0.394 e. The van der Waals surface area contributed by atoms with Crippen molar-refractivity contribution in [3.63, 3.8) is 0 Å². The Bertz CT molecular complexity index is 451. The van der Waals surface area contributed by atoms with Gasteiger partial charge in [0.25, 0.3) is 10.9 Å². The molecule has 0 aliphatic rings. The van der Waals surface area contributed by atoms with E-state index in [0.29, 0.717) is 0 Å². The Labute approximate surface area is 111 Å². The van der Waals surface area contributed by atoms with Crippen LogP contribution in [0.2, 0.25) is 0 Å². The fraction of sp³-hybridized carbons (Fsp3) is 0.833. The van der Waals surface area contributed by atoms with Gasteiger partial charge in [0, 0.05) is 0 Å². The summed E-state index contributed by atoms with van der Waals surface area (Å²) in [5, 5.41) is 41.2. The van der Waals surface area contributed by atoms with Crippen molar-refractivity contribution in [2.75, 3.05) is 6.61 Å². The lowest BCUT2D eigenvalue weighted by molar-refractivity contribution is -0.153. The summed E-state index contributed by atoms with van der Waals surface area (Å²) < 4.78 is 21.8. The fourth-order valence-corrected chi connectivity index (χ4v) is 3.28. The summed E-state index contributed by atoms with van der Waals surface area (Å²) in [5.41, 5.74) is -2.74. The van der Waals surface area contributed by atoms with Crippen molar-refractivity contribution in [1.82, 2.24) is 0 Å². The minimum atomic E-state index is -6.09. The number of rotatable bonds is 7. The maximum absolute atomic E-state index is 11.3. The highest BCUT2D eigenvalue weighted by atomic mass is 31.2. The zero-order chi connectivity index (χ0) is 16.5. The summed E-state index contributed by atoms with van der Waals surface area (Å²) in [6.45, 7) is -1.24. The number of hydrogen-bond donors (Lipinski definition) is 9. The normalized spacial score (nSPS) is 20.9. The van der Waals surface area contributed by atoms with Gasteiger partial charge in [0.05, 0.1) is 6.61 Å². The summed E-state index contributed by atoms with van der Waals surface area (Å²) >= 11 is 0. The Morgan fingerprint density at radius 2 is 1.45 bits per heavy atom. The second-order valence-electron chi connectivity index (χ2n) is 3.80. The molecule has 12 nitrogen and oxygen atoms in total. The number of carbonyl (C=O) groups is 1. The quantitative estimate of drug-likeness (QED) is 0.200. The Kier molecular flexibility index (Phi) is 6.19. The molecule has 0 rings (SSSR count). The number of carbonyl (C=O) groups excluding carboxylic acids is 1. The van der Waals surface area contributed by atoms with E-state index in [4.69, 9.17) is 29.8 Å². The van der Waals surface area contributed by atoms with Gasteiger partial charge in [0.15, 0.2) is 0 Å². The first-order valence-corrected chi connectivity index (χ1v) is 7.97. The van der Waals surface area contributed by atoms with E-state index in [2.05, 4.69) is 0 Å². The van der Waals surface area contributed by atoms with E-state index in [0.717, 1.165) is 0 Å². The van der Waals surface area contributed by atoms with Crippen LogP contribution in [0.3, 0.4) is 0 Å². The molecular weight excluding hydrogens is 326 g/mol. The van der Waals surface area contributed by atoms with Crippen LogP contribution in [0.4, 0.5) is 0 Å². The lowest BCUT2D eigenvalue weighted by Gasteiger charge is -2.35. The first-order valence-electron chi connectivity index (χ1n) is 4.74. The molecule has 0 aliphatic heterocycles. The molecule has 0 fully saturated rings. The SMILES string of the molecule is O=C([C@](O)([C@@H](O)[C@H](O)[C@H](O)CO)P(=O)(O)O)P(=O)(O)O. The highest BCUT2D eigenvalue weighted by Gasteiger charge is 2.64. The van der Waals surface area contributed by atoms with E-state index in [1.54, 1.807) is 0 Å². The van der Waals surface area contributed by atoms with Crippen molar-refractivity contribution in [3.05, 3.63) is 0 Å². The molecule has 0 saturated carbocycles. The maximum Gasteiger partial charge on any atom is 0.395 e. The molecule has 4 atom stereocenters. The molecule has 14 heteroatoms. The number of hydrogen-bond acceptors (Lipinski definition) is 8. The summed E-state index contributed by atoms with van der Waals surface area (Å²) in [6, 6.07) is 0. The third-order valence-electron chi connectivity index (χ3n) is 2.34. The molecule has 0 unspecified atom stereocenters. The smallest absolute Gasteiger partial charge is 0.394 e. The van der Waals surface area contributed by atoms with Gasteiger partial charge in [0.2, 0.25) is 0 Å². The van der Waals surface area contributed by atoms with E-state index in [1.165, 1.54) is 0 Å². The molecule has 0 aromatic rings. The fourth-order valence-electron chi connectivity index (χ4n) is 1.19. The van der Waals surface area contributed by atoms with E-state index in [9.17, 15) is 29.2 Å². The van der Waals surface area contributed by atoms with Crippen LogP contribution < -0.4 is 0 Å². The second kappa shape index (κ2) is 6.26. The van der Waals surface area contributed by atoms with Crippen molar-refractivity contribution in [2.45, 2.75) is 23.7 Å². The molecular formula is C6H14O12P2. The predicted octanol–water partition coefficient (Wildman–Crippen LogP) is -4.37. The average Bonchev–Trinajstić information content (AvgIpc) is 2.31. The third kappa shape index (κ3) is 3.70. The van der Waals surface area contributed by atoms with Crippen LogP contribution in [-0.4, -0.2) is 80.9 Å². The average molecular weight is 340 g/mol. The summed E-state index contributed by atoms with van der Waals surface area (Å²) in [4.78, 5) is 46.1. The Morgan fingerprint density at radius 1 is 1.05 bits per heavy atom. The summed E-state index contributed by atoms with van der Waals surface area (Å²) in [6.07, 6.45) is -8.09. The van der Waals surface area contributed by atoms with Crippen molar-refractivity contribution >= 4 is 20.7 Å². The van der Waals surface area contributed by atoms with Gasteiger partial charge in [0.1, 0.15) is 18.3 Å². The predicted molar refractivity (Wildman–Crippen MR) is 59.2 cm³/mol. The Hall–Kier alpha value is -0.230. The van der Waals surface area contributed by atoms with Crippen molar-refractivity contribution in [3.8, 4) is 0 Å². The standard InChI is InChI=1S/C6H14O12P2/c7-1-2(8)3(9)4(10)6(12,20(16,17)18)5(11)19(13,14)15/h2-4,7-10,12H,1H2,(H2,13,14,15)(H2,16,17,18)/t2-,3-,4+,6+/m1/s1. The first kappa shape index (κ1) is 19.8. The van der Waals surface area contributed by atoms with E-state index >= 15 is 0 Å². The van der Waals surface area contributed by atoms with Gasteiger partial charge < -0.3 is 45.1 Å². The summed E-state index contributed by atoms with van der Waals surface area (Å²) in [7, 11) is -12.0. The molecule has 0 spiro atoms. The van der Waals surface area contributed by atoms with E-state index in [-0.39, 0.29) is 0 Å². The Balaban J connectivity index is 5.89. The minimum absolute atomic E-state index is 1.24. The van der Waals surface area contributed by atoms with Gasteiger partial charge in [-0.1, -0.05) is 0 Å². The topological polar surface area (TPSA) is 233 Å². The molecule has 9 N–H and O–H groups in total. The van der Waals surface area contributed by atoms with Crippen LogP contribution in [0.5, 0.6) is 0 Å². The molecule has 0 amide bonds. The lowest BCUT2D eigenvalue weighted by atomic mass is 10.0. The monoisotopic (exact) mass is 340 g/mol. The molecule has 0 saturated heterocycles. The second-order valence-corrected chi connectivity index (χ2v) is 7.07. The highest BCUT2D eigenvalue weighted by molar-refractivity contribution is 7.73. The molecule has 120 valence electrons. The zero-order valence-electron chi connectivity index (χ0n) is 9.58.